The van der Waals surface area contributed by atoms with Gasteiger partial charge in [-0.3, -0.25) is 15.0 Å². The maximum atomic E-state index is 11.1. The van der Waals surface area contributed by atoms with E-state index in [1.54, 1.807) is 13.1 Å². The van der Waals surface area contributed by atoms with Gasteiger partial charge in [0, 0.05) is 39.2 Å². The first-order valence-corrected chi connectivity index (χ1v) is 7.03. The van der Waals surface area contributed by atoms with Crippen LogP contribution in [0.25, 0.3) is 0 Å². The third-order valence-electron chi connectivity index (χ3n) is 3.13. The van der Waals surface area contributed by atoms with Gasteiger partial charge in [0.2, 0.25) is 0 Å². The number of nitrogens with one attached hydrogen (secondary N) is 1. The van der Waals surface area contributed by atoms with Crippen LogP contribution in [0.15, 0.2) is 18.2 Å². The highest BCUT2D eigenvalue weighted by molar-refractivity contribution is 5.66. The summed E-state index contributed by atoms with van der Waals surface area (Å²) in [4.78, 5) is 12.9. The van der Waals surface area contributed by atoms with Crippen LogP contribution in [0.4, 0.5) is 11.4 Å². The van der Waals surface area contributed by atoms with Crippen molar-refractivity contribution < 1.29 is 4.92 Å². The second-order valence-corrected chi connectivity index (χ2v) is 5.36. The minimum Gasteiger partial charge on any atom is -0.382 e. The molecule has 0 aliphatic rings. The van der Waals surface area contributed by atoms with Gasteiger partial charge in [0.05, 0.1) is 11.0 Å². The number of nitro groups is 1. The summed E-state index contributed by atoms with van der Waals surface area (Å²) in [5.41, 5.74) is 1.51. The molecule has 0 bridgehead atoms. The second-order valence-electron chi connectivity index (χ2n) is 5.36. The molecule has 0 spiro atoms. The number of para-hydroxylation sites is 1. The average molecular weight is 290 g/mol. The van der Waals surface area contributed by atoms with Gasteiger partial charge in [0.25, 0.3) is 5.69 Å². The van der Waals surface area contributed by atoms with Crippen molar-refractivity contribution in [2.75, 3.05) is 25.5 Å². The monoisotopic (exact) mass is 290 g/mol. The van der Waals surface area contributed by atoms with Crippen LogP contribution < -0.4 is 5.32 Å². The Morgan fingerprint density at radius 1 is 1.48 bits per heavy atom. The van der Waals surface area contributed by atoms with Gasteiger partial charge < -0.3 is 5.32 Å². The van der Waals surface area contributed by atoms with Gasteiger partial charge in [0.15, 0.2) is 0 Å². The minimum absolute atomic E-state index is 0.0831. The normalized spacial score (nSPS) is 10.7. The highest BCUT2D eigenvalue weighted by Gasteiger charge is 2.18. The molecule has 0 saturated heterocycles. The second kappa shape index (κ2) is 8.22. The van der Waals surface area contributed by atoms with Crippen molar-refractivity contribution in [1.82, 2.24) is 4.90 Å². The van der Waals surface area contributed by atoms with Crippen molar-refractivity contribution in [3.63, 3.8) is 0 Å². The predicted molar refractivity (Wildman–Crippen MR) is 83.0 cm³/mol. The molecule has 0 heterocycles. The zero-order chi connectivity index (χ0) is 15.8. The van der Waals surface area contributed by atoms with Gasteiger partial charge >= 0.3 is 0 Å². The highest BCUT2D eigenvalue weighted by atomic mass is 16.6. The number of benzene rings is 1. The van der Waals surface area contributed by atoms with Crippen LogP contribution in [0.5, 0.6) is 0 Å². The lowest BCUT2D eigenvalue weighted by molar-refractivity contribution is -0.384. The van der Waals surface area contributed by atoms with Crippen LogP contribution in [-0.4, -0.2) is 30.0 Å². The van der Waals surface area contributed by atoms with Crippen LogP contribution in [-0.2, 0) is 6.54 Å². The molecular weight excluding hydrogens is 268 g/mol. The minimum atomic E-state index is -0.378. The van der Waals surface area contributed by atoms with Gasteiger partial charge in [-0.2, -0.15) is 5.26 Å². The van der Waals surface area contributed by atoms with Crippen LogP contribution in [0, 0.1) is 27.4 Å². The number of rotatable bonds is 8. The fourth-order valence-corrected chi connectivity index (χ4v) is 2.36. The number of nitriles is 1. The Hall–Kier alpha value is -2.13. The van der Waals surface area contributed by atoms with Gasteiger partial charge in [-0.05, 0) is 11.5 Å². The summed E-state index contributed by atoms with van der Waals surface area (Å²) in [6.45, 7) is 6.35. The first kappa shape index (κ1) is 16.9. The number of nitrogens with zero attached hydrogens (tertiary/aromatic N) is 3. The fourth-order valence-electron chi connectivity index (χ4n) is 2.36. The molecule has 114 valence electrons. The maximum absolute atomic E-state index is 11.1. The van der Waals surface area contributed by atoms with Crippen molar-refractivity contribution in [2.24, 2.45) is 5.92 Å². The number of hydrogen-bond donors (Lipinski definition) is 1. The maximum Gasteiger partial charge on any atom is 0.292 e. The largest absolute Gasteiger partial charge is 0.382 e. The molecule has 1 aromatic carbocycles. The van der Waals surface area contributed by atoms with Crippen molar-refractivity contribution in [1.29, 1.82) is 5.26 Å². The molecular formula is C15H22N4O2. The Labute approximate surface area is 125 Å². The van der Waals surface area contributed by atoms with E-state index < -0.39 is 0 Å². The quantitative estimate of drug-likeness (QED) is 0.588. The molecule has 0 fully saturated rings. The summed E-state index contributed by atoms with van der Waals surface area (Å²) in [6, 6.07) is 7.24. The first-order valence-electron chi connectivity index (χ1n) is 7.03. The van der Waals surface area contributed by atoms with Gasteiger partial charge in [-0.25, -0.2) is 0 Å². The standard InChI is InChI=1S/C15H22N4O2/c1-12(2)10-18(9-5-8-16)11-13-6-4-7-14(19(20)21)15(13)17-3/h4,6-7,12,17H,5,9-11H2,1-3H3. The lowest BCUT2D eigenvalue weighted by Crippen LogP contribution is -2.28. The van der Waals surface area contributed by atoms with E-state index in [2.05, 4.69) is 30.1 Å². The number of anilines is 1. The SMILES string of the molecule is CNc1c(CN(CCC#N)CC(C)C)cccc1[N+](=O)[O-]. The summed E-state index contributed by atoms with van der Waals surface area (Å²) in [5, 5.41) is 22.8. The Kier molecular flexibility index (Phi) is 6.63. The fraction of sp³-hybridized carbons (Fsp3) is 0.533. The van der Waals surface area contributed by atoms with E-state index in [-0.39, 0.29) is 10.6 Å². The van der Waals surface area contributed by atoms with E-state index in [1.807, 2.05) is 6.07 Å². The van der Waals surface area contributed by atoms with E-state index in [9.17, 15) is 10.1 Å². The summed E-state index contributed by atoms with van der Waals surface area (Å²) < 4.78 is 0. The molecule has 0 aliphatic heterocycles. The molecule has 0 amide bonds. The highest BCUT2D eigenvalue weighted by Crippen LogP contribution is 2.28. The van der Waals surface area contributed by atoms with Crippen LogP contribution >= 0.6 is 0 Å². The number of nitro benzene ring substituents is 1. The molecule has 21 heavy (non-hydrogen) atoms. The van der Waals surface area contributed by atoms with Crippen LogP contribution in [0.1, 0.15) is 25.8 Å². The number of hydrogen-bond acceptors (Lipinski definition) is 5. The van der Waals surface area contributed by atoms with Crippen molar-refractivity contribution >= 4 is 11.4 Å². The lowest BCUT2D eigenvalue weighted by Gasteiger charge is -2.24. The molecule has 0 aromatic heterocycles. The van der Waals surface area contributed by atoms with Gasteiger partial charge in [-0.15, -0.1) is 0 Å². The molecule has 6 nitrogen and oxygen atoms in total. The molecule has 1 aromatic rings. The van der Waals surface area contributed by atoms with E-state index in [1.165, 1.54) is 6.07 Å². The third kappa shape index (κ3) is 5.04. The Bertz CT molecular complexity index is 523. The Balaban J connectivity index is 2.99. The molecule has 0 unspecified atom stereocenters. The summed E-state index contributed by atoms with van der Waals surface area (Å²) in [5.74, 6) is 0.473. The van der Waals surface area contributed by atoms with E-state index >= 15 is 0 Å². The lowest BCUT2D eigenvalue weighted by atomic mass is 10.1. The summed E-state index contributed by atoms with van der Waals surface area (Å²) >= 11 is 0. The summed E-state index contributed by atoms with van der Waals surface area (Å²) in [7, 11) is 1.69. The molecule has 6 heteroatoms. The molecule has 0 saturated carbocycles. The smallest absolute Gasteiger partial charge is 0.292 e. The van der Waals surface area contributed by atoms with Gasteiger partial charge in [0.1, 0.15) is 5.69 Å². The van der Waals surface area contributed by atoms with Crippen molar-refractivity contribution in [2.45, 2.75) is 26.8 Å². The zero-order valence-corrected chi connectivity index (χ0v) is 12.8. The molecule has 0 atom stereocenters. The third-order valence-corrected chi connectivity index (χ3v) is 3.13. The van der Waals surface area contributed by atoms with E-state index in [0.29, 0.717) is 31.1 Å². The summed E-state index contributed by atoms with van der Waals surface area (Å²) in [6.07, 6.45) is 0.455. The van der Waals surface area contributed by atoms with Crippen LogP contribution in [0.2, 0.25) is 0 Å². The van der Waals surface area contributed by atoms with Crippen molar-refractivity contribution in [3.05, 3.63) is 33.9 Å². The topological polar surface area (TPSA) is 82.2 Å². The van der Waals surface area contributed by atoms with Gasteiger partial charge in [-0.1, -0.05) is 26.0 Å². The average Bonchev–Trinajstić information content (AvgIpc) is 2.43. The zero-order valence-electron chi connectivity index (χ0n) is 12.8. The van der Waals surface area contributed by atoms with Crippen LogP contribution in [0.3, 0.4) is 0 Å². The molecule has 1 N–H and O–H groups in total. The molecule has 1 rings (SSSR count). The molecule has 0 radical (unpaired) electrons. The molecule has 0 aliphatic carbocycles. The Morgan fingerprint density at radius 2 is 2.19 bits per heavy atom. The predicted octanol–water partition coefficient (Wildman–Crippen LogP) is 3.01. The van der Waals surface area contributed by atoms with Crippen molar-refractivity contribution in [3.8, 4) is 6.07 Å². The van der Waals surface area contributed by atoms with E-state index in [4.69, 9.17) is 5.26 Å². The first-order chi connectivity index (χ1) is 9.99. The van der Waals surface area contributed by atoms with E-state index in [0.717, 1.165) is 12.1 Å². The Morgan fingerprint density at radius 3 is 2.71 bits per heavy atom.